The maximum Gasteiger partial charge on any atom is 0.230 e. The topological polar surface area (TPSA) is 46.3 Å². The Hall–Kier alpha value is -0.580. The molecular formula is C16H25ClN2OS. The van der Waals surface area contributed by atoms with Crippen molar-refractivity contribution in [3.05, 3.63) is 21.9 Å². The SMILES string of the molecule is CC(N)C1CCCCN1C(=O)C1CCCc2sccc21.Cl. The highest BCUT2D eigenvalue weighted by atomic mass is 35.5. The maximum atomic E-state index is 13.0. The third-order valence-corrected chi connectivity index (χ3v) is 5.79. The largest absolute Gasteiger partial charge is 0.338 e. The molecule has 0 radical (unpaired) electrons. The quantitative estimate of drug-likeness (QED) is 0.905. The molecule has 118 valence electrons. The van der Waals surface area contributed by atoms with Gasteiger partial charge in [-0.3, -0.25) is 4.79 Å². The molecule has 0 saturated carbocycles. The minimum Gasteiger partial charge on any atom is -0.338 e. The van der Waals surface area contributed by atoms with E-state index in [1.54, 1.807) is 11.3 Å². The third kappa shape index (κ3) is 3.27. The van der Waals surface area contributed by atoms with E-state index < -0.39 is 0 Å². The highest BCUT2D eigenvalue weighted by molar-refractivity contribution is 7.10. The number of likely N-dealkylation sites (tertiary alicyclic amines) is 1. The van der Waals surface area contributed by atoms with E-state index in [4.69, 9.17) is 5.73 Å². The number of aryl methyl sites for hydroxylation is 1. The molecule has 1 fully saturated rings. The Balaban J connectivity index is 0.00000161. The zero-order chi connectivity index (χ0) is 14.1. The van der Waals surface area contributed by atoms with Gasteiger partial charge in [0.1, 0.15) is 0 Å². The van der Waals surface area contributed by atoms with Crippen LogP contribution in [0.5, 0.6) is 0 Å². The number of halogens is 1. The van der Waals surface area contributed by atoms with Crippen LogP contribution < -0.4 is 5.73 Å². The standard InChI is InChI=1S/C16H24N2OS.ClH/c1-11(17)14-6-2-3-9-18(14)16(19)13-5-4-7-15-12(13)8-10-20-15;/h8,10-11,13-14H,2-7,9,17H2,1H3;1H. The number of rotatable bonds is 2. The van der Waals surface area contributed by atoms with Crippen LogP contribution in [0.4, 0.5) is 0 Å². The summed E-state index contributed by atoms with van der Waals surface area (Å²) in [5.74, 6) is 0.413. The fourth-order valence-electron chi connectivity index (χ4n) is 3.72. The number of amides is 1. The molecule has 3 rings (SSSR count). The number of nitrogens with zero attached hydrogens (tertiary/aromatic N) is 1. The first kappa shape index (κ1) is 16.8. The average Bonchev–Trinajstić information content (AvgIpc) is 2.94. The molecule has 2 N–H and O–H groups in total. The highest BCUT2D eigenvalue weighted by Gasteiger charge is 2.35. The van der Waals surface area contributed by atoms with Crippen LogP contribution in [-0.4, -0.2) is 29.4 Å². The van der Waals surface area contributed by atoms with Crippen molar-refractivity contribution < 1.29 is 4.79 Å². The van der Waals surface area contributed by atoms with Gasteiger partial charge >= 0.3 is 0 Å². The van der Waals surface area contributed by atoms with Gasteiger partial charge in [-0.25, -0.2) is 0 Å². The number of hydrogen-bond donors (Lipinski definition) is 1. The first-order valence-corrected chi connectivity index (χ1v) is 8.69. The lowest BCUT2D eigenvalue weighted by Gasteiger charge is -2.40. The summed E-state index contributed by atoms with van der Waals surface area (Å²) >= 11 is 1.80. The molecule has 2 aliphatic rings. The first-order valence-electron chi connectivity index (χ1n) is 7.81. The van der Waals surface area contributed by atoms with E-state index in [9.17, 15) is 4.79 Å². The second-order valence-corrected chi connectivity index (χ2v) is 7.20. The normalized spacial score (nSPS) is 26.7. The Morgan fingerprint density at radius 1 is 1.38 bits per heavy atom. The lowest BCUT2D eigenvalue weighted by molar-refractivity contribution is -0.137. The average molecular weight is 329 g/mol. The van der Waals surface area contributed by atoms with Gasteiger partial charge in [-0.2, -0.15) is 0 Å². The Labute approximate surface area is 137 Å². The van der Waals surface area contributed by atoms with Crippen molar-refractivity contribution in [2.45, 2.75) is 63.5 Å². The summed E-state index contributed by atoms with van der Waals surface area (Å²) in [6.45, 7) is 2.92. The molecule has 1 amide bonds. The van der Waals surface area contributed by atoms with Crippen molar-refractivity contribution in [1.29, 1.82) is 0 Å². The predicted molar refractivity (Wildman–Crippen MR) is 90.2 cm³/mol. The van der Waals surface area contributed by atoms with Gasteiger partial charge in [-0.1, -0.05) is 0 Å². The third-order valence-electron chi connectivity index (χ3n) is 4.79. The molecule has 1 aliphatic carbocycles. The van der Waals surface area contributed by atoms with Crippen molar-refractivity contribution in [2.75, 3.05) is 6.54 Å². The molecule has 1 aromatic heterocycles. The number of carbonyl (C=O) groups is 1. The zero-order valence-corrected chi connectivity index (χ0v) is 14.2. The minimum atomic E-state index is 0. The molecule has 0 spiro atoms. The van der Waals surface area contributed by atoms with E-state index in [1.807, 2.05) is 6.92 Å². The molecular weight excluding hydrogens is 304 g/mol. The zero-order valence-electron chi connectivity index (χ0n) is 12.6. The van der Waals surface area contributed by atoms with Crippen LogP contribution in [-0.2, 0) is 11.2 Å². The Kier molecular flexibility index (Phi) is 5.69. The summed E-state index contributed by atoms with van der Waals surface area (Å²) in [5, 5.41) is 2.13. The summed E-state index contributed by atoms with van der Waals surface area (Å²) in [4.78, 5) is 16.5. The van der Waals surface area contributed by atoms with E-state index in [2.05, 4.69) is 16.3 Å². The van der Waals surface area contributed by atoms with Gasteiger partial charge in [-0.05, 0) is 62.5 Å². The number of carbonyl (C=O) groups excluding carboxylic acids is 1. The van der Waals surface area contributed by atoms with Gasteiger partial charge in [-0.15, -0.1) is 23.7 Å². The Morgan fingerprint density at radius 2 is 2.19 bits per heavy atom. The van der Waals surface area contributed by atoms with Crippen molar-refractivity contribution in [2.24, 2.45) is 5.73 Å². The molecule has 1 aromatic rings. The van der Waals surface area contributed by atoms with E-state index in [0.29, 0.717) is 5.91 Å². The molecule has 1 aliphatic heterocycles. The molecule has 21 heavy (non-hydrogen) atoms. The summed E-state index contributed by atoms with van der Waals surface area (Å²) < 4.78 is 0. The number of fused-ring (bicyclic) bond motifs is 1. The lowest BCUT2D eigenvalue weighted by Crippen LogP contribution is -2.53. The molecule has 5 heteroatoms. The minimum absolute atomic E-state index is 0. The molecule has 3 atom stereocenters. The fraction of sp³-hybridized carbons (Fsp3) is 0.688. The second-order valence-electron chi connectivity index (χ2n) is 6.20. The second kappa shape index (κ2) is 7.12. The van der Waals surface area contributed by atoms with Crippen LogP contribution in [0, 0.1) is 0 Å². The van der Waals surface area contributed by atoms with Gasteiger partial charge < -0.3 is 10.6 Å². The van der Waals surface area contributed by atoms with E-state index in [0.717, 1.165) is 38.6 Å². The van der Waals surface area contributed by atoms with Crippen molar-refractivity contribution in [3.8, 4) is 0 Å². The fourth-order valence-corrected chi connectivity index (χ4v) is 4.71. The Morgan fingerprint density at radius 3 is 2.95 bits per heavy atom. The van der Waals surface area contributed by atoms with Gasteiger partial charge in [0.2, 0.25) is 5.91 Å². The van der Waals surface area contributed by atoms with Crippen LogP contribution >= 0.6 is 23.7 Å². The van der Waals surface area contributed by atoms with Crippen LogP contribution in [0.25, 0.3) is 0 Å². The predicted octanol–water partition coefficient (Wildman–Crippen LogP) is 3.32. The van der Waals surface area contributed by atoms with Gasteiger partial charge in [0.25, 0.3) is 0 Å². The maximum absolute atomic E-state index is 13.0. The molecule has 0 bridgehead atoms. The molecule has 2 heterocycles. The van der Waals surface area contributed by atoms with Crippen molar-refractivity contribution in [3.63, 3.8) is 0 Å². The highest BCUT2D eigenvalue weighted by Crippen LogP contribution is 2.37. The van der Waals surface area contributed by atoms with E-state index in [-0.39, 0.29) is 30.4 Å². The Bertz CT molecular complexity index is 488. The molecule has 0 aromatic carbocycles. The lowest BCUT2D eigenvalue weighted by atomic mass is 9.85. The van der Waals surface area contributed by atoms with E-state index in [1.165, 1.54) is 16.9 Å². The summed E-state index contributed by atoms with van der Waals surface area (Å²) in [6.07, 6.45) is 6.67. The summed E-state index contributed by atoms with van der Waals surface area (Å²) in [7, 11) is 0. The smallest absolute Gasteiger partial charge is 0.230 e. The van der Waals surface area contributed by atoms with Crippen molar-refractivity contribution in [1.82, 2.24) is 4.90 Å². The van der Waals surface area contributed by atoms with Gasteiger partial charge in [0.05, 0.1) is 5.92 Å². The number of hydrogen-bond acceptors (Lipinski definition) is 3. The van der Waals surface area contributed by atoms with Crippen LogP contribution in [0.15, 0.2) is 11.4 Å². The van der Waals surface area contributed by atoms with Crippen molar-refractivity contribution >= 4 is 29.7 Å². The molecule has 3 unspecified atom stereocenters. The van der Waals surface area contributed by atoms with E-state index >= 15 is 0 Å². The summed E-state index contributed by atoms with van der Waals surface area (Å²) in [5.41, 5.74) is 7.40. The molecule has 1 saturated heterocycles. The van der Waals surface area contributed by atoms with Crippen LogP contribution in [0.1, 0.15) is 55.4 Å². The number of nitrogens with two attached hydrogens (primary N) is 1. The molecule has 3 nitrogen and oxygen atoms in total. The van der Waals surface area contributed by atoms with Crippen LogP contribution in [0.2, 0.25) is 0 Å². The number of thiophene rings is 1. The monoisotopic (exact) mass is 328 g/mol. The first-order chi connectivity index (χ1) is 9.68. The van der Waals surface area contributed by atoms with Gasteiger partial charge in [0, 0.05) is 23.5 Å². The summed E-state index contributed by atoms with van der Waals surface area (Å²) in [6, 6.07) is 2.47. The van der Waals surface area contributed by atoms with Gasteiger partial charge in [0.15, 0.2) is 0 Å². The number of piperidine rings is 1. The van der Waals surface area contributed by atoms with Crippen LogP contribution in [0.3, 0.4) is 0 Å².